The lowest BCUT2D eigenvalue weighted by Crippen LogP contribution is -2.39. The molecule has 1 aromatic heterocycles. The van der Waals surface area contributed by atoms with Gasteiger partial charge < -0.3 is 20.1 Å². The molecule has 8 heteroatoms. The highest BCUT2D eigenvalue weighted by Gasteiger charge is 2.10. The van der Waals surface area contributed by atoms with Crippen LogP contribution in [0.5, 0.6) is 0 Å². The minimum Gasteiger partial charge on any atom is -0.465 e. The quantitative estimate of drug-likeness (QED) is 0.715. The zero-order chi connectivity index (χ0) is 19.1. The summed E-state index contributed by atoms with van der Waals surface area (Å²) in [5.74, 6) is 1.72. The first-order chi connectivity index (χ1) is 13.1. The van der Waals surface area contributed by atoms with Gasteiger partial charge in [-0.05, 0) is 25.1 Å². The van der Waals surface area contributed by atoms with E-state index in [9.17, 15) is 4.79 Å². The van der Waals surface area contributed by atoms with Gasteiger partial charge in [-0.2, -0.15) is 0 Å². The fraction of sp³-hybridized carbons (Fsp3) is 0.421. The average molecular weight is 371 g/mol. The first kappa shape index (κ1) is 19.1. The number of hydrogen-bond acceptors (Lipinski definition) is 8. The number of rotatable bonds is 7. The van der Waals surface area contributed by atoms with Crippen molar-refractivity contribution in [2.45, 2.75) is 6.92 Å². The van der Waals surface area contributed by atoms with E-state index in [0.29, 0.717) is 17.2 Å². The number of anilines is 3. The maximum absolute atomic E-state index is 11.7. The van der Waals surface area contributed by atoms with E-state index in [1.54, 1.807) is 18.2 Å². The number of nitrogens with zero attached hydrogens (tertiary/aromatic N) is 3. The van der Waals surface area contributed by atoms with Crippen LogP contribution >= 0.6 is 0 Å². The molecule has 0 spiro atoms. The van der Waals surface area contributed by atoms with Crippen molar-refractivity contribution in [1.29, 1.82) is 0 Å². The topological polar surface area (TPSA) is 88.6 Å². The standard InChI is InChI=1S/C19H25N5O3/c1-14-21-17(20-6-7-24-8-10-27-11-9-24)13-18(22-14)23-16-5-3-4-15(12-16)19(25)26-2/h3-5,12-13H,6-11H2,1-2H3,(H2,20,21,22,23). The highest BCUT2D eigenvalue weighted by atomic mass is 16.5. The molecule has 2 aromatic rings. The van der Waals surface area contributed by atoms with Gasteiger partial charge in [0.25, 0.3) is 0 Å². The summed E-state index contributed by atoms with van der Waals surface area (Å²) >= 11 is 0. The molecule has 0 atom stereocenters. The molecular formula is C19H25N5O3. The van der Waals surface area contributed by atoms with E-state index in [4.69, 9.17) is 9.47 Å². The zero-order valence-electron chi connectivity index (χ0n) is 15.7. The van der Waals surface area contributed by atoms with Crippen molar-refractivity contribution in [1.82, 2.24) is 14.9 Å². The summed E-state index contributed by atoms with van der Waals surface area (Å²) in [7, 11) is 1.37. The Morgan fingerprint density at radius 2 is 2.00 bits per heavy atom. The third kappa shape index (κ3) is 5.63. The number of methoxy groups -OCH3 is 1. The molecule has 0 bridgehead atoms. The molecule has 0 aliphatic carbocycles. The van der Waals surface area contributed by atoms with Crippen LogP contribution in [0.3, 0.4) is 0 Å². The molecular weight excluding hydrogens is 346 g/mol. The Balaban J connectivity index is 1.62. The molecule has 0 unspecified atom stereocenters. The van der Waals surface area contributed by atoms with Gasteiger partial charge in [0.2, 0.25) is 0 Å². The number of morpholine rings is 1. The minimum atomic E-state index is -0.372. The van der Waals surface area contributed by atoms with E-state index in [0.717, 1.165) is 50.9 Å². The summed E-state index contributed by atoms with van der Waals surface area (Å²) in [5, 5.41) is 6.57. The van der Waals surface area contributed by atoms with Gasteiger partial charge in [-0.15, -0.1) is 0 Å². The largest absolute Gasteiger partial charge is 0.465 e. The van der Waals surface area contributed by atoms with Crippen molar-refractivity contribution in [3.05, 3.63) is 41.7 Å². The number of carbonyl (C=O) groups excluding carboxylic acids is 1. The lowest BCUT2D eigenvalue weighted by atomic mass is 10.2. The number of benzene rings is 1. The van der Waals surface area contributed by atoms with Gasteiger partial charge >= 0.3 is 5.97 Å². The van der Waals surface area contributed by atoms with Crippen molar-refractivity contribution in [2.75, 3.05) is 57.1 Å². The van der Waals surface area contributed by atoms with Gasteiger partial charge in [-0.3, -0.25) is 4.90 Å². The second kappa shape index (κ2) is 9.29. The predicted octanol–water partition coefficient (Wildman–Crippen LogP) is 2.06. The maximum atomic E-state index is 11.7. The van der Waals surface area contributed by atoms with Crippen LogP contribution in [0.15, 0.2) is 30.3 Å². The smallest absolute Gasteiger partial charge is 0.337 e. The van der Waals surface area contributed by atoms with E-state index < -0.39 is 0 Å². The number of esters is 1. The summed E-state index contributed by atoms with van der Waals surface area (Å²) in [6.07, 6.45) is 0. The second-order valence-corrected chi connectivity index (χ2v) is 6.26. The highest BCUT2D eigenvalue weighted by molar-refractivity contribution is 5.90. The molecule has 1 aliphatic rings. The summed E-state index contributed by atoms with van der Waals surface area (Å²) in [5.41, 5.74) is 1.24. The van der Waals surface area contributed by atoms with Crippen LogP contribution in [-0.2, 0) is 9.47 Å². The van der Waals surface area contributed by atoms with Crippen molar-refractivity contribution >= 4 is 23.3 Å². The Morgan fingerprint density at radius 3 is 2.78 bits per heavy atom. The molecule has 0 amide bonds. The van der Waals surface area contributed by atoms with Crippen LogP contribution in [-0.4, -0.2) is 67.3 Å². The fourth-order valence-electron chi connectivity index (χ4n) is 2.88. The van der Waals surface area contributed by atoms with Crippen LogP contribution in [0.2, 0.25) is 0 Å². The Hall–Kier alpha value is -2.71. The zero-order valence-corrected chi connectivity index (χ0v) is 15.7. The molecule has 2 N–H and O–H groups in total. The van der Waals surface area contributed by atoms with Crippen LogP contribution in [0.25, 0.3) is 0 Å². The average Bonchev–Trinajstić information content (AvgIpc) is 2.68. The summed E-state index contributed by atoms with van der Waals surface area (Å²) in [6, 6.07) is 8.96. The van der Waals surface area contributed by atoms with E-state index >= 15 is 0 Å². The van der Waals surface area contributed by atoms with Gasteiger partial charge in [0.05, 0.1) is 25.9 Å². The third-order valence-electron chi connectivity index (χ3n) is 4.23. The monoisotopic (exact) mass is 371 g/mol. The minimum absolute atomic E-state index is 0.372. The summed E-state index contributed by atoms with van der Waals surface area (Å²) in [6.45, 7) is 7.12. The van der Waals surface area contributed by atoms with Gasteiger partial charge in [0.15, 0.2) is 0 Å². The number of hydrogen-bond donors (Lipinski definition) is 2. The lowest BCUT2D eigenvalue weighted by Gasteiger charge is -2.26. The van der Waals surface area contributed by atoms with Crippen molar-refractivity contribution < 1.29 is 14.3 Å². The van der Waals surface area contributed by atoms with Crippen molar-refractivity contribution in [3.8, 4) is 0 Å². The Kier molecular flexibility index (Phi) is 6.56. The summed E-state index contributed by atoms with van der Waals surface area (Å²) < 4.78 is 10.1. The van der Waals surface area contributed by atoms with Crippen LogP contribution in [0.1, 0.15) is 16.2 Å². The first-order valence-electron chi connectivity index (χ1n) is 8.99. The molecule has 1 fully saturated rings. The van der Waals surface area contributed by atoms with E-state index in [2.05, 4.69) is 25.5 Å². The van der Waals surface area contributed by atoms with Gasteiger partial charge in [0.1, 0.15) is 17.5 Å². The molecule has 1 aromatic carbocycles. The van der Waals surface area contributed by atoms with Gasteiger partial charge in [0, 0.05) is 37.9 Å². The van der Waals surface area contributed by atoms with E-state index in [-0.39, 0.29) is 5.97 Å². The molecule has 2 heterocycles. The maximum Gasteiger partial charge on any atom is 0.337 e. The number of ether oxygens (including phenoxy) is 2. The van der Waals surface area contributed by atoms with Crippen molar-refractivity contribution in [2.24, 2.45) is 0 Å². The summed E-state index contributed by atoms with van der Waals surface area (Å²) in [4.78, 5) is 22.9. The van der Waals surface area contributed by atoms with E-state index in [1.165, 1.54) is 7.11 Å². The van der Waals surface area contributed by atoms with Crippen LogP contribution < -0.4 is 10.6 Å². The molecule has 0 saturated carbocycles. The lowest BCUT2D eigenvalue weighted by molar-refractivity contribution is 0.0398. The van der Waals surface area contributed by atoms with Gasteiger partial charge in [-0.1, -0.05) is 6.07 Å². The first-order valence-corrected chi connectivity index (χ1v) is 8.99. The second-order valence-electron chi connectivity index (χ2n) is 6.26. The normalized spacial score (nSPS) is 14.6. The molecule has 27 heavy (non-hydrogen) atoms. The number of carbonyl (C=O) groups is 1. The Bertz CT molecular complexity index is 778. The number of aromatic nitrogens is 2. The predicted molar refractivity (Wildman–Crippen MR) is 104 cm³/mol. The number of aryl methyl sites for hydroxylation is 1. The Labute approximate surface area is 158 Å². The molecule has 0 radical (unpaired) electrons. The van der Waals surface area contributed by atoms with Crippen LogP contribution in [0, 0.1) is 6.92 Å². The molecule has 8 nitrogen and oxygen atoms in total. The molecule has 1 saturated heterocycles. The SMILES string of the molecule is COC(=O)c1cccc(Nc2cc(NCCN3CCOCC3)nc(C)n2)c1. The fourth-order valence-corrected chi connectivity index (χ4v) is 2.88. The third-order valence-corrected chi connectivity index (χ3v) is 4.23. The van der Waals surface area contributed by atoms with Crippen LogP contribution in [0.4, 0.5) is 17.3 Å². The Morgan fingerprint density at radius 1 is 1.22 bits per heavy atom. The molecule has 1 aliphatic heterocycles. The molecule has 3 rings (SSSR count). The van der Waals surface area contributed by atoms with Crippen molar-refractivity contribution in [3.63, 3.8) is 0 Å². The highest BCUT2D eigenvalue weighted by Crippen LogP contribution is 2.19. The van der Waals surface area contributed by atoms with Gasteiger partial charge in [-0.25, -0.2) is 14.8 Å². The molecule has 144 valence electrons. The van der Waals surface area contributed by atoms with E-state index in [1.807, 2.05) is 19.1 Å². The number of nitrogens with one attached hydrogen (secondary N) is 2.